The van der Waals surface area contributed by atoms with Crippen molar-refractivity contribution in [1.82, 2.24) is 25.1 Å². The predicted molar refractivity (Wildman–Crippen MR) is 97.5 cm³/mol. The molecule has 4 rings (SSSR count). The van der Waals surface area contributed by atoms with Crippen LogP contribution >= 0.6 is 11.3 Å². The van der Waals surface area contributed by atoms with Crippen LogP contribution in [0.25, 0.3) is 21.5 Å². The molecule has 0 unspecified atom stereocenters. The Morgan fingerprint density at radius 1 is 1.28 bits per heavy atom. The van der Waals surface area contributed by atoms with E-state index in [9.17, 15) is 4.79 Å². The van der Waals surface area contributed by atoms with Gasteiger partial charge in [0.05, 0.1) is 12.1 Å². The number of carbonyl (C=O) groups excluding carboxylic acids is 1. The molecule has 1 saturated heterocycles. The molecule has 0 radical (unpaired) electrons. The van der Waals surface area contributed by atoms with Gasteiger partial charge < -0.3 is 0 Å². The molecule has 1 fully saturated rings. The maximum atomic E-state index is 12.1. The zero-order valence-electron chi connectivity index (χ0n) is 13.9. The summed E-state index contributed by atoms with van der Waals surface area (Å²) in [6, 6.07) is 5.89. The van der Waals surface area contributed by atoms with Crippen LogP contribution in [0, 0.1) is 6.92 Å². The van der Waals surface area contributed by atoms with Crippen molar-refractivity contribution in [2.75, 3.05) is 25.0 Å². The number of nitrogens with zero attached hydrogens (tertiary/aromatic N) is 5. The van der Waals surface area contributed by atoms with Crippen LogP contribution in [-0.4, -0.2) is 50.6 Å². The van der Waals surface area contributed by atoms with Crippen LogP contribution in [0.4, 0.5) is 5.95 Å². The van der Waals surface area contributed by atoms with E-state index in [0.717, 1.165) is 52.4 Å². The number of aryl methyl sites for hydroxylation is 1. The Kier molecular flexibility index (Phi) is 4.37. The first-order valence-corrected chi connectivity index (χ1v) is 9.08. The van der Waals surface area contributed by atoms with Crippen LogP contribution in [-0.2, 0) is 4.79 Å². The highest BCUT2D eigenvalue weighted by Crippen LogP contribution is 2.26. The van der Waals surface area contributed by atoms with Crippen molar-refractivity contribution in [3.8, 4) is 10.6 Å². The molecule has 25 heavy (non-hydrogen) atoms. The lowest BCUT2D eigenvalue weighted by Gasteiger charge is -2.13. The Balaban J connectivity index is 1.54. The van der Waals surface area contributed by atoms with Gasteiger partial charge in [0.15, 0.2) is 0 Å². The molecule has 3 aromatic rings. The molecule has 0 bridgehead atoms. The lowest BCUT2D eigenvalue weighted by atomic mass is 10.1. The summed E-state index contributed by atoms with van der Waals surface area (Å²) in [5, 5.41) is 13.7. The molecule has 128 valence electrons. The molecule has 8 heteroatoms. The van der Waals surface area contributed by atoms with E-state index < -0.39 is 0 Å². The van der Waals surface area contributed by atoms with Crippen molar-refractivity contribution in [3.05, 3.63) is 29.4 Å². The number of hydrogen-bond donors (Lipinski definition) is 1. The quantitative estimate of drug-likeness (QED) is 0.775. The molecule has 1 amide bonds. The zero-order chi connectivity index (χ0) is 17.2. The van der Waals surface area contributed by atoms with Gasteiger partial charge in [0.2, 0.25) is 11.9 Å². The van der Waals surface area contributed by atoms with Crippen molar-refractivity contribution in [1.29, 1.82) is 0 Å². The summed E-state index contributed by atoms with van der Waals surface area (Å²) in [5.74, 6) is 0.263. The minimum absolute atomic E-state index is 0.0721. The largest absolute Gasteiger partial charge is 0.295 e. The molecule has 2 aromatic heterocycles. The number of anilines is 1. The SMILES string of the molecule is Cc1nnc(-c2ccc3cnc(NC(=O)CN4CCCC4)nc3c2)s1. The van der Waals surface area contributed by atoms with Gasteiger partial charge in [0, 0.05) is 17.1 Å². The number of carbonyl (C=O) groups is 1. The molecule has 1 N–H and O–H groups in total. The fourth-order valence-corrected chi connectivity index (χ4v) is 3.63. The van der Waals surface area contributed by atoms with E-state index in [2.05, 4.69) is 30.4 Å². The number of aromatic nitrogens is 4. The van der Waals surface area contributed by atoms with Gasteiger partial charge in [-0.1, -0.05) is 23.5 Å². The zero-order valence-corrected chi connectivity index (χ0v) is 14.7. The van der Waals surface area contributed by atoms with Crippen molar-refractivity contribution < 1.29 is 4.79 Å². The predicted octanol–water partition coefficient (Wildman–Crippen LogP) is 2.49. The Bertz CT molecular complexity index is 918. The lowest BCUT2D eigenvalue weighted by Crippen LogP contribution is -2.31. The van der Waals surface area contributed by atoms with E-state index in [4.69, 9.17) is 0 Å². The Hall–Kier alpha value is -2.45. The smallest absolute Gasteiger partial charge is 0.240 e. The van der Waals surface area contributed by atoms with Gasteiger partial charge >= 0.3 is 0 Å². The highest BCUT2D eigenvalue weighted by Gasteiger charge is 2.16. The number of likely N-dealkylation sites (tertiary alicyclic amines) is 1. The summed E-state index contributed by atoms with van der Waals surface area (Å²) < 4.78 is 0. The van der Waals surface area contributed by atoms with Crippen LogP contribution in [0.1, 0.15) is 17.8 Å². The summed E-state index contributed by atoms with van der Waals surface area (Å²) in [6.07, 6.45) is 4.05. The van der Waals surface area contributed by atoms with Gasteiger partial charge in [-0.3, -0.25) is 15.0 Å². The van der Waals surface area contributed by atoms with Crippen molar-refractivity contribution >= 4 is 34.1 Å². The number of amides is 1. The van der Waals surface area contributed by atoms with Crippen molar-refractivity contribution in [2.45, 2.75) is 19.8 Å². The fourth-order valence-electron chi connectivity index (χ4n) is 2.94. The number of rotatable bonds is 4. The first kappa shape index (κ1) is 16.0. The normalized spacial score (nSPS) is 14.9. The third-order valence-electron chi connectivity index (χ3n) is 4.17. The highest BCUT2D eigenvalue weighted by molar-refractivity contribution is 7.14. The van der Waals surface area contributed by atoms with Crippen LogP contribution < -0.4 is 5.32 Å². The molecule has 7 nitrogen and oxygen atoms in total. The lowest BCUT2D eigenvalue weighted by molar-refractivity contribution is -0.117. The third-order valence-corrected chi connectivity index (χ3v) is 5.06. The molecule has 1 aliphatic rings. The maximum Gasteiger partial charge on any atom is 0.240 e. The van der Waals surface area contributed by atoms with Gasteiger partial charge in [-0.2, -0.15) is 0 Å². The van der Waals surface area contributed by atoms with Gasteiger partial charge in [0.25, 0.3) is 0 Å². The van der Waals surface area contributed by atoms with E-state index in [0.29, 0.717) is 12.5 Å². The van der Waals surface area contributed by atoms with Crippen LogP contribution in [0.2, 0.25) is 0 Å². The Morgan fingerprint density at radius 2 is 2.12 bits per heavy atom. The number of hydrogen-bond acceptors (Lipinski definition) is 7. The molecule has 0 atom stereocenters. The second-order valence-electron chi connectivity index (χ2n) is 6.12. The summed E-state index contributed by atoms with van der Waals surface area (Å²) in [6.45, 7) is 4.29. The van der Waals surface area contributed by atoms with Crippen LogP contribution in [0.15, 0.2) is 24.4 Å². The van der Waals surface area contributed by atoms with Crippen LogP contribution in [0.3, 0.4) is 0 Å². The van der Waals surface area contributed by atoms with Crippen LogP contribution in [0.5, 0.6) is 0 Å². The Labute approximate surface area is 149 Å². The first-order chi connectivity index (χ1) is 12.2. The number of benzene rings is 1. The second-order valence-corrected chi connectivity index (χ2v) is 7.31. The minimum Gasteiger partial charge on any atom is -0.295 e. The topological polar surface area (TPSA) is 83.9 Å². The average molecular weight is 354 g/mol. The molecule has 0 aliphatic carbocycles. The van der Waals surface area contributed by atoms with E-state index in [1.807, 2.05) is 25.1 Å². The second kappa shape index (κ2) is 6.81. The minimum atomic E-state index is -0.0721. The third kappa shape index (κ3) is 3.64. The molecule has 0 saturated carbocycles. The number of nitrogens with one attached hydrogen (secondary N) is 1. The summed E-state index contributed by atoms with van der Waals surface area (Å²) >= 11 is 1.54. The summed E-state index contributed by atoms with van der Waals surface area (Å²) in [7, 11) is 0. The van der Waals surface area contributed by atoms with Gasteiger partial charge in [-0.15, -0.1) is 10.2 Å². The summed E-state index contributed by atoms with van der Waals surface area (Å²) in [5.41, 5.74) is 1.74. The van der Waals surface area contributed by atoms with E-state index in [1.54, 1.807) is 17.5 Å². The standard InChI is InChI=1S/C17H18N6OS/c1-11-21-22-16(25-11)12-4-5-13-9-18-17(19-14(13)8-12)20-15(24)10-23-6-2-3-7-23/h4-5,8-9H,2-3,6-7,10H2,1H3,(H,18,19,20,24). The average Bonchev–Trinajstić information content (AvgIpc) is 3.26. The molecule has 3 heterocycles. The molecule has 1 aromatic carbocycles. The monoisotopic (exact) mass is 354 g/mol. The van der Waals surface area contributed by atoms with E-state index in [1.165, 1.54) is 0 Å². The Morgan fingerprint density at radius 3 is 2.88 bits per heavy atom. The van der Waals surface area contributed by atoms with Gasteiger partial charge in [-0.05, 0) is 38.9 Å². The molecule has 1 aliphatic heterocycles. The highest BCUT2D eigenvalue weighted by atomic mass is 32.1. The van der Waals surface area contributed by atoms with Gasteiger partial charge in [0.1, 0.15) is 10.0 Å². The molecular weight excluding hydrogens is 336 g/mol. The van der Waals surface area contributed by atoms with Crippen molar-refractivity contribution in [2.24, 2.45) is 0 Å². The van der Waals surface area contributed by atoms with Gasteiger partial charge in [-0.25, -0.2) is 9.97 Å². The summed E-state index contributed by atoms with van der Waals surface area (Å²) in [4.78, 5) is 23.0. The van der Waals surface area contributed by atoms with Crippen molar-refractivity contribution in [3.63, 3.8) is 0 Å². The first-order valence-electron chi connectivity index (χ1n) is 8.27. The van der Waals surface area contributed by atoms with E-state index in [-0.39, 0.29) is 5.91 Å². The molecular formula is C17H18N6OS. The maximum absolute atomic E-state index is 12.1. The van der Waals surface area contributed by atoms with E-state index >= 15 is 0 Å². The fraction of sp³-hybridized carbons (Fsp3) is 0.353. The number of fused-ring (bicyclic) bond motifs is 1. The molecule has 0 spiro atoms.